The number of piperidine rings is 1. The summed E-state index contributed by atoms with van der Waals surface area (Å²) in [5.41, 5.74) is 10.5. The topological polar surface area (TPSA) is 84.1 Å². The molecule has 136 valence electrons. The van der Waals surface area contributed by atoms with Crippen LogP contribution in [0.1, 0.15) is 43.0 Å². The molecule has 1 aliphatic carbocycles. The predicted molar refractivity (Wildman–Crippen MR) is 102 cm³/mol. The van der Waals surface area contributed by atoms with Gasteiger partial charge in [-0.1, -0.05) is 12.1 Å². The fraction of sp³-hybridized carbons (Fsp3) is 0.450. The number of hydrogen-bond acceptors (Lipinski definition) is 5. The van der Waals surface area contributed by atoms with E-state index in [1.54, 1.807) is 0 Å². The second kappa shape index (κ2) is 6.68. The second-order valence-electron chi connectivity index (χ2n) is 7.57. The standard InChI is InChI=1S/C20H25N5O/c1-14(26)23-17-5-3-15(4-6-17)12-25-10-2-8-20(13-25)9-7-16-11-22-19(21)24-18(16)20/h3-6,11H,2,7-10,12-13H2,1H3,(H,23,26)(H2,21,22,24). The molecule has 3 N–H and O–H groups in total. The summed E-state index contributed by atoms with van der Waals surface area (Å²) in [6.07, 6.45) is 6.45. The van der Waals surface area contributed by atoms with Crippen LogP contribution in [0.4, 0.5) is 11.6 Å². The van der Waals surface area contributed by atoms with Gasteiger partial charge in [-0.2, -0.15) is 0 Å². The molecule has 1 spiro atoms. The van der Waals surface area contributed by atoms with Crippen molar-refractivity contribution in [1.82, 2.24) is 14.9 Å². The SMILES string of the molecule is CC(=O)Nc1ccc(CN2CCCC3(CCc4cnc(N)nc43)C2)cc1. The molecule has 6 nitrogen and oxygen atoms in total. The van der Waals surface area contributed by atoms with Crippen LogP contribution in [-0.4, -0.2) is 33.9 Å². The number of aryl methyl sites for hydroxylation is 1. The lowest BCUT2D eigenvalue weighted by atomic mass is 9.77. The number of likely N-dealkylation sites (tertiary alicyclic amines) is 1. The minimum absolute atomic E-state index is 0.0446. The van der Waals surface area contributed by atoms with E-state index >= 15 is 0 Å². The van der Waals surface area contributed by atoms with E-state index in [4.69, 9.17) is 5.73 Å². The average Bonchev–Trinajstić information content (AvgIpc) is 2.94. The van der Waals surface area contributed by atoms with E-state index in [9.17, 15) is 4.79 Å². The van der Waals surface area contributed by atoms with Crippen molar-refractivity contribution < 1.29 is 4.79 Å². The summed E-state index contributed by atoms with van der Waals surface area (Å²) >= 11 is 0. The molecule has 2 heterocycles. The average molecular weight is 351 g/mol. The highest BCUT2D eigenvalue weighted by Gasteiger charge is 2.43. The lowest BCUT2D eigenvalue weighted by Crippen LogP contribution is -2.45. The van der Waals surface area contributed by atoms with Crippen molar-refractivity contribution in [1.29, 1.82) is 0 Å². The molecule has 26 heavy (non-hydrogen) atoms. The number of fused-ring (bicyclic) bond motifs is 2. The third-order valence-corrected chi connectivity index (χ3v) is 5.59. The maximum Gasteiger partial charge on any atom is 0.221 e. The number of carbonyl (C=O) groups excluding carboxylic acids is 1. The molecule has 1 amide bonds. The molecule has 1 saturated heterocycles. The van der Waals surface area contributed by atoms with Gasteiger partial charge < -0.3 is 11.1 Å². The number of amides is 1. The Kier molecular flexibility index (Phi) is 4.36. The van der Waals surface area contributed by atoms with Crippen molar-refractivity contribution in [2.24, 2.45) is 0 Å². The van der Waals surface area contributed by atoms with Crippen LogP contribution in [0.15, 0.2) is 30.5 Å². The van der Waals surface area contributed by atoms with Gasteiger partial charge in [-0.05, 0) is 55.5 Å². The predicted octanol–water partition coefficient (Wildman–Crippen LogP) is 2.50. The molecule has 1 aliphatic heterocycles. The number of carbonyl (C=O) groups is 1. The smallest absolute Gasteiger partial charge is 0.221 e. The summed E-state index contributed by atoms with van der Waals surface area (Å²) in [7, 11) is 0. The van der Waals surface area contributed by atoms with Gasteiger partial charge in [0.15, 0.2) is 0 Å². The van der Waals surface area contributed by atoms with Gasteiger partial charge in [0.2, 0.25) is 11.9 Å². The van der Waals surface area contributed by atoms with E-state index in [1.807, 2.05) is 18.3 Å². The Hall–Kier alpha value is -2.47. The van der Waals surface area contributed by atoms with Crippen molar-refractivity contribution in [3.8, 4) is 0 Å². The first-order chi connectivity index (χ1) is 12.5. The highest BCUT2D eigenvalue weighted by Crippen LogP contribution is 2.44. The number of nitrogens with zero attached hydrogens (tertiary/aromatic N) is 3. The van der Waals surface area contributed by atoms with Gasteiger partial charge >= 0.3 is 0 Å². The van der Waals surface area contributed by atoms with Crippen LogP contribution in [-0.2, 0) is 23.2 Å². The monoisotopic (exact) mass is 351 g/mol. The minimum atomic E-state index is -0.0446. The molecule has 0 radical (unpaired) electrons. The van der Waals surface area contributed by atoms with E-state index in [0.717, 1.165) is 38.2 Å². The number of benzene rings is 1. The van der Waals surface area contributed by atoms with Gasteiger partial charge in [0, 0.05) is 37.3 Å². The fourth-order valence-electron chi connectivity index (χ4n) is 4.47. The van der Waals surface area contributed by atoms with Crippen molar-refractivity contribution in [3.63, 3.8) is 0 Å². The van der Waals surface area contributed by atoms with Crippen molar-refractivity contribution >= 4 is 17.5 Å². The Bertz CT molecular complexity index is 815. The molecule has 0 saturated carbocycles. The molecule has 4 rings (SSSR count). The lowest BCUT2D eigenvalue weighted by Gasteiger charge is -2.40. The Labute approximate surface area is 153 Å². The molecule has 1 unspecified atom stereocenters. The van der Waals surface area contributed by atoms with Crippen LogP contribution in [0.3, 0.4) is 0 Å². The maximum absolute atomic E-state index is 11.1. The van der Waals surface area contributed by atoms with Crippen LogP contribution in [0.25, 0.3) is 0 Å². The molecule has 2 aromatic rings. The second-order valence-corrected chi connectivity index (χ2v) is 7.57. The highest BCUT2D eigenvalue weighted by molar-refractivity contribution is 5.88. The fourth-order valence-corrected chi connectivity index (χ4v) is 4.47. The molecule has 1 aromatic heterocycles. The lowest BCUT2D eigenvalue weighted by molar-refractivity contribution is -0.114. The number of nitrogens with two attached hydrogens (primary N) is 1. The van der Waals surface area contributed by atoms with Crippen LogP contribution < -0.4 is 11.1 Å². The van der Waals surface area contributed by atoms with Gasteiger partial charge in [-0.15, -0.1) is 0 Å². The Balaban J connectivity index is 1.48. The normalized spacial score (nSPS) is 22.3. The van der Waals surface area contributed by atoms with Crippen LogP contribution in [0.5, 0.6) is 0 Å². The van der Waals surface area contributed by atoms with E-state index in [-0.39, 0.29) is 11.3 Å². The van der Waals surface area contributed by atoms with Crippen molar-refractivity contribution in [2.75, 3.05) is 24.1 Å². The minimum Gasteiger partial charge on any atom is -0.368 e. The Morgan fingerprint density at radius 3 is 2.88 bits per heavy atom. The molecule has 0 bridgehead atoms. The highest BCUT2D eigenvalue weighted by atomic mass is 16.1. The Morgan fingerprint density at radius 1 is 1.31 bits per heavy atom. The van der Waals surface area contributed by atoms with Crippen molar-refractivity contribution in [2.45, 2.75) is 44.6 Å². The first-order valence-corrected chi connectivity index (χ1v) is 9.25. The summed E-state index contributed by atoms with van der Waals surface area (Å²) in [4.78, 5) is 22.4. The first kappa shape index (κ1) is 17.0. The summed E-state index contributed by atoms with van der Waals surface area (Å²) in [6.45, 7) is 4.56. The zero-order valence-electron chi connectivity index (χ0n) is 15.2. The molecule has 2 aliphatic rings. The van der Waals surface area contributed by atoms with E-state index < -0.39 is 0 Å². The van der Waals surface area contributed by atoms with E-state index in [0.29, 0.717) is 5.95 Å². The van der Waals surface area contributed by atoms with Crippen LogP contribution in [0, 0.1) is 0 Å². The molecular formula is C20H25N5O. The van der Waals surface area contributed by atoms with E-state index in [1.165, 1.54) is 36.6 Å². The third kappa shape index (κ3) is 3.29. The molecule has 1 atom stereocenters. The summed E-state index contributed by atoms with van der Waals surface area (Å²) in [5, 5.41) is 2.81. The van der Waals surface area contributed by atoms with Gasteiger partial charge in [0.05, 0.1) is 5.69 Å². The number of hydrogen-bond donors (Lipinski definition) is 2. The van der Waals surface area contributed by atoms with Gasteiger partial charge in [0.1, 0.15) is 0 Å². The first-order valence-electron chi connectivity index (χ1n) is 9.25. The van der Waals surface area contributed by atoms with Gasteiger partial charge in [-0.3, -0.25) is 9.69 Å². The largest absolute Gasteiger partial charge is 0.368 e. The molecule has 6 heteroatoms. The molecular weight excluding hydrogens is 326 g/mol. The summed E-state index contributed by atoms with van der Waals surface area (Å²) < 4.78 is 0. The van der Waals surface area contributed by atoms with Gasteiger partial charge in [-0.25, -0.2) is 9.97 Å². The zero-order chi connectivity index (χ0) is 18.1. The third-order valence-electron chi connectivity index (χ3n) is 5.59. The van der Waals surface area contributed by atoms with Gasteiger partial charge in [0.25, 0.3) is 0 Å². The number of rotatable bonds is 3. The maximum atomic E-state index is 11.1. The summed E-state index contributed by atoms with van der Waals surface area (Å²) in [5.74, 6) is 0.340. The molecule has 1 aromatic carbocycles. The van der Waals surface area contributed by atoms with Crippen LogP contribution >= 0.6 is 0 Å². The number of nitrogen functional groups attached to an aromatic ring is 1. The van der Waals surface area contributed by atoms with Crippen molar-refractivity contribution in [3.05, 3.63) is 47.3 Å². The number of anilines is 2. The number of aromatic nitrogens is 2. The zero-order valence-corrected chi connectivity index (χ0v) is 15.2. The van der Waals surface area contributed by atoms with Crippen LogP contribution in [0.2, 0.25) is 0 Å². The quantitative estimate of drug-likeness (QED) is 0.887. The Morgan fingerprint density at radius 2 is 2.12 bits per heavy atom. The number of nitrogens with one attached hydrogen (secondary N) is 1. The molecule has 1 fully saturated rings. The summed E-state index contributed by atoms with van der Waals surface area (Å²) in [6, 6.07) is 8.12. The van der Waals surface area contributed by atoms with E-state index in [2.05, 4.69) is 32.3 Å².